The van der Waals surface area contributed by atoms with Crippen LogP contribution < -0.4 is 10.6 Å². The fraction of sp³-hybridized carbons (Fsp3) is 0.533. The van der Waals surface area contributed by atoms with Crippen LogP contribution in [0.1, 0.15) is 17.5 Å². The zero-order valence-corrected chi connectivity index (χ0v) is 12.0. The minimum absolute atomic E-state index is 0.0852. The minimum atomic E-state index is 0.0852. The average molecular weight is 261 g/mol. The van der Waals surface area contributed by atoms with Crippen molar-refractivity contribution in [3.63, 3.8) is 0 Å². The van der Waals surface area contributed by atoms with E-state index in [1.165, 1.54) is 11.1 Å². The van der Waals surface area contributed by atoms with Crippen LogP contribution in [0.25, 0.3) is 0 Å². The summed E-state index contributed by atoms with van der Waals surface area (Å²) in [5.41, 5.74) is 9.08. The number of amides is 2. The van der Waals surface area contributed by atoms with E-state index in [1.807, 2.05) is 24.1 Å². The fourth-order valence-electron chi connectivity index (χ4n) is 2.71. The van der Waals surface area contributed by atoms with Gasteiger partial charge in [-0.05, 0) is 49.9 Å². The van der Waals surface area contributed by atoms with Gasteiger partial charge in [0.15, 0.2) is 0 Å². The van der Waals surface area contributed by atoms with Crippen molar-refractivity contribution >= 4 is 11.7 Å². The Morgan fingerprint density at radius 2 is 2.05 bits per heavy atom. The predicted molar refractivity (Wildman–Crippen MR) is 78.4 cm³/mol. The first-order valence-electron chi connectivity index (χ1n) is 6.83. The minimum Gasteiger partial charge on any atom is -0.330 e. The van der Waals surface area contributed by atoms with Crippen molar-refractivity contribution in [2.75, 3.05) is 31.6 Å². The van der Waals surface area contributed by atoms with Crippen LogP contribution in [0, 0.1) is 19.8 Å². The van der Waals surface area contributed by atoms with Crippen LogP contribution in [0.3, 0.4) is 0 Å². The summed E-state index contributed by atoms with van der Waals surface area (Å²) >= 11 is 0. The number of carbonyl (C=O) groups is 1. The largest absolute Gasteiger partial charge is 0.330 e. The molecule has 0 aromatic heterocycles. The van der Waals surface area contributed by atoms with Crippen molar-refractivity contribution in [3.05, 3.63) is 29.3 Å². The van der Waals surface area contributed by atoms with Crippen LogP contribution in [-0.4, -0.2) is 37.6 Å². The summed E-state index contributed by atoms with van der Waals surface area (Å²) in [6, 6.07) is 6.20. The quantitative estimate of drug-likeness (QED) is 0.906. The molecule has 0 bridgehead atoms. The standard InChI is InChI=1S/C15H23N3O/c1-11-5-4-6-14(12(11)2)18-10-13(7-8-16)9-17(3)15(18)19/h4-6,13H,7-10,16H2,1-3H3. The van der Waals surface area contributed by atoms with Crippen LogP contribution in [0.15, 0.2) is 18.2 Å². The summed E-state index contributed by atoms with van der Waals surface area (Å²) in [4.78, 5) is 16.1. The summed E-state index contributed by atoms with van der Waals surface area (Å²) in [5.74, 6) is 0.451. The molecule has 1 aromatic carbocycles. The molecular formula is C15H23N3O. The van der Waals surface area contributed by atoms with Gasteiger partial charge in [-0.15, -0.1) is 0 Å². The molecule has 1 unspecified atom stereocenters. The van der Waals surface area contributed by atoms with Crippen molar-refractivity contribution in [1.29, 1.82) is 0 Å². The van der Waals surface area contributed by atoms with Gasteiger partial charge in [0.2, 0.25) is 0 Å². The number of hydrogen-bond donors (Lipinski definition) is 1. The van der Waals surface area contributed by atoms with Crippen molar-refractivity contribution in [1.82, 2.24) is 4.90 Å². The highest BCUT2D eigenvalue weighted by Gasteiger charge is 2.30. The summed E-state index contributed by atoms with van der Waals surface area (Å²) in [7, 11) is 1.86. The number of anilines is 1. The molecule has 1 saturated heterocycles. The first kappa shape index (κ1) is 13.9. The van der Waals surface area contributed by atoms with E-state index in [2.05, 4.69) is 19.9 Å². The second kappa shape index (κ2) is 5.61. The summed E-state index contributed by atoms with van der Waals surface area (Å²) < 4.78 is 0. The second-order valence-electron chi connectivity index (χ2n) is 5.44. The second-order valence-corrected chi connectivity index (χ2v) is 5.44. The van der Waals surface area contributed by atoms with Crippen molar-refractivity contribution in [2.24, 2.45) is 11.7 Å². The Morgan fingerprint density at radius 1 is 1.32 bits per heavy atom. The summed E-state index contributed by atoms with van der Waals surface area (Å²) in [6.45, 7) is 6.40. The third kappa shape index (κ3) is 2.73. The summed E-state index contributed by atoms with van der Waals surface area (Å²) in [5, 5.41) is 0. The number of hydrogen-bond acceptors (Lipinski definition) is 2. The molecule has 0 radical (unpaired) electrons. The van der Waals surface area contributed by atoms with Gasteiger partial charge in [0.1, 0.15) is 0 Å². The molecule has 1 heterocycles. The fourth-order valence-corrected chi connectivity index (χ4v) is 2.71. The van der Waals surface area contributed by atoms with Gasteiger partial charge in [-0.3, -0.25) is 4.90 Å². The molecule has 19 heavy (non-hydrogen) atoms. The molecule has 0 aliphatic carbocycles. The molecule has 1 fully saturated rings. The van der Waals surface area contributed by atoms with Crippen LogP contribution in [-0.2, 0) is 0 Å². The normalized spacial score (nSPS) is 20.0. The highest BCUT2D eigenvalue weighted by Crippen LogP contribution is 2.27. The van der Waals surface area contributed by atoms with E-state index >= 15 is 0 Å². The molecule has 1 aliphatic rings. The van der Waals surface area contributed by atoms with E-state index in [0.717, 1.165) is 25.2 Å². The molecule has 1 atom stereocenters. The van der Waals surface area contributed by atoms with E-state index in [1.54, 1.807) is 4.90 Å². The van der Waals surface area contributed by atoms with Crippen LogP contribution >= 0.6 is 0 Å². The van der Waals surface area contributed by atoms with Gasteiger partial charge in [0.05, 0.1) is 0 Å². The Bertz CT molecular complexity index is 472. The number of benzene rings is 1. The Kier molecular flexibility index (Phi) is 4.10. The average Bonchev–Trinajstić information content (AvgIpc) is 2.37. The van der Waals surface area contributed by atoms with E-state index in [-0.39, 0.29) is 6.03 Å². The van der Waals surface area contributed by atoms with E-state index < -0.39 is 0 Å². The highest BCUT2D eigenvalue weighted by molar-refractivity contribution is 5.93. The van der Waals surface area contributed by atoms with E-state index in [4.69, 9.17) is 5.73 Å². The van der Waals surface area contributed by atoms with Gasteiger partial charge in [-0.1, -0.05) is 12.1 Å². The molecule has 1 aromatic rings. The van der Waals surface area contributed by atoms with Gasteiger partial charge >= 0.3 is 6.03 Å². The van der Waals surface area contributed by atoms with Crippen LogP contribution in [0.4, 0.5) is 10.5 Å². The van der Waals surface area contributed by atoms with E-state index in [9.17, 15) is 4.79 Å². The maximum Gasteiger partial charge on any atom is 0.324 e. The lowest BCUT2D eigenvalue weighted by atomic mass is 10.00. The van der Waals surface area contributed by atoms with Crippen LogP contribution in [0.5, 0.6) is 0 Å². The van der Waals surface area contributed by atoms with Gasteiger partial charge in [0.25, 0.3) is 0 Å². The Balaban J connectivity index is 2.30. The molecule has 4 nitrogen and oxygen atoms in total. The maximum absolute atomic E-state index is 12.4. The van der Waals surface area contributed by atoms with E-state index in [0.29, 0.717) is 12.5 Å². The first-order valence-corrected chi connectivity index (χ1v) is 6.83. The number of carbonyl (C=O) groups excluding carboxylic acids is 1. The Labute approximate surface area is 115 Å². The number of rotatable bonds is 3. The number of nitrogens with two attached hydrogens (primary N) is 1. The number of urea groups is 1. The Hall–Kier alpha value is -1.55. The molecular weight excluding hydrogens is 238 g/mol. The van der Waals surface area contributed by atoms with Crippen molar-refractivity contribution in [3.8, 4) is 0 Å². The van der Waals surface area contributed by atoms with Gasteiger partial charge in [0, 0.05) is 25.8 Å². The molecule has 2 N–H and O–H groups in total. The van der Waals surface area contributed by atoms with Gasteiger partial charge < -0.3 is 10.6 Å². The lowest BCUT2D eigenvalue weighted by Crippen LogP contribution is -2.52. The van der Waals surface area contributed by atoms with Gasteiger partial charge in [-0.2, -0.15) is 0 Å². The number of nitrogens with zero attached hydrogens (tertiary/aromatic N) is 2. The first-order chi connectivity index (χ1) is 9.04. The maximum atomic E-state index is 12.4. The molecule has 0 saturated carbocycles. The monoisotopic (exact) mass is 261 g/mol. The molecule has 2 rings (SSSR count). The molecule has 0 spiro atoms. The molecule has 104 valence electrons. The highest BCUT2D eigenvalue weighted by atomic mass is 16.2. The van der Waals surface area contributed by atoms with Gasteiger partial charge in [-0.25, -0.2) is 4.79 Å². The third-order valence-electron chi connectivity index (χ3n) is 3.97. The number of aryl methyl sites for hydroxylation is 1. The smallest absolute Gasteiger partial charge is 0.324 e. The predicted octanol–water partition coefficient (Wildman–Crippen LogP) is 2.14. The Morgan fingerprint density at radius 3 is 2.74 bits per heavy atom. The van der Waals surface area contributed by atoms with Crippen molar-refractivity contribution in [2.45, 2.75) is 20.3 Å². The van der Waals surface area contributed by atoms with Crippen LogP contribution in [0.2, 0.25) is 0 Å². The zero-order valence-electron chi connectivity index (χ0n) is 12.0. The lowest BCUT2D eigenvalue weighted by Gasteiger charge is -2.39. The lowest BCUT2D eigenvalue weighted by molar-refractivity contribution is 0.191. The molecule has 1 aliphatic heterocycles. The zero-order chi connectivity index (χ0) is 14.0. The van der Waals surface area contributed by atoms with Crippen molar-refractivity contribution < 1.29 is 4.79 Å². The summed E-state index contributed by atoms with van der Waals surface area (Å²) in [6.07, 6.45) is 0.957. The topological polar surface area (TPSA) is 49.6 Å². The SMILES string of the molecule is Cc1cccc(N2CC(CCN)CN(C)C2=O)c1C. The third-order valence-corrected chi connectivity index (χ3v) is 3.97. The molecule has 4 heteroatoms. The molecule has 2 amide bonds.